The first-order chi connectivity index (χ1) is 17.6. The average molecular weight is 462 g/mol. The summed E-state index contributed by atoms with van der Waals surface area (Å²) in [6.07, 6.45) is 0. The third-order valence-corrected chi connectivity index (χ3v) is 8.64. The standard InChI is InChI=1S/C33H23N3/c1-33(2)21-12-6-3-9-17(21)26-27-20-15-16-24-25(18-10-4-7-13-22(18)34-24)30(20)36-31(27)28-19-11-5-8-14-23(19)35-32(28)29(26)33/h3-16,34-36H,1-2H3. The number of hydrogen-bond donors (Lipinski definition) is 3. The van der Waals surface area contributed by atoms with Gasteiger partial charge in [0.1, 0.15) is 0 Å². The topological polar surface area (TPSA) is 47.4 Å². The zero-order valence-corrected chi connectivity index (χ0v) is 20.1. The molecule has 0 saturated heterocycles. The summed E-state index contributed by atoms with van der Waals surface area (Å²) in [4.78, 5) is 11.4. The van der Waals surface area contributed by atoms with Gasteiger partial charge in [0.15, 0.2) is 0 Å². The van der Waals surface area contributed by atoms with E-state index < -0.39 is 0 Å². The molecule has 8 aromatic rings. The van der Waals surface area contributed by atoms with Crippen LogP contribution in [0.2, 0.25) is 0 Å². The van der Waals surface area contributed by atoms with Crippen molar-refractivity contribution in [1.82, 2.24) is 15.0 Å². The molecule has 3 aromatic heterocycles. The van der Waals surface area contributed by atoms with E-state index in [9.17, 15) is 0 Å². The number of fused-ring (bicyclic) bond motifs is 16. The molecule has 170 valence electrons. The SMILES string of the molecule is CC1(C)c2ccccc2-c2c1c1[nH]c3ccccc3c1c1[nH]c3c(ccc4[nH]c5ccccc5c43)c21. The Hall–Kier alpha value is -4.50. The summed E-state index contributed by atoms with van der Waals surface area (Å²) < 4.78 is 0. The highest BCUT2D eigenvalue weighted by molar-refractivity contribution is 6.34. The second-order valence-corrected chi connectivity index (χ2v) is 10.8. The zero-order valence-electron chi connectivity index (χ0n) is 20.1. The molecule has 3 nitrogen and oxygen atoms in total. The van der Waals surface area contributed by atoms with Gasteiger partial charge in [-0.15, -0.1) is 0 Å². The van der Waals surface area contributed by atoms with Gasteiger partial charge in [-0.2, -0.15) is 0 Å². The van der Waals surface area contributed by atoms with Crippen molar-refractivity contribution in [2.24, 2.45) is 0 Å². The molecule has 3 heteroatoms. The minimum Gasteiger partial charge on any atom is -0.354 e. The molecule has 5 aromatic carbocycles. The van der Waals surface area contributed by atoms with Gasteiger partial charge in [0, 0.05) is 54.3 Å². The minimum atomic E-state index is -0.103. The van der Waals surface area contributed by atoms with Crippen LogP contribution in [-0.2, 0) is 5.41 Å². The van der Waals surface area contributed by atoms with Gasteiger partial charge < -0.3 is 15.0 Å². The fraction of sp³-hybridized carbons (Fsp3) is 0.0909. The van der Waals surface area contributed by atoms with Gasteiger partial charge in [0.05, 0.1) is 16.6 Å². The van der Waals surface area contributed by atoms with Crippen molar-refractivity contribution in [1.29, 1.82) is 0 Å². The van der Waals surface area contributed by atoms with Crippen LogP contribution in [0.25, 0.3) is 76.5 Å². The van der Waals surface area contributed by atoms with Crippen LogP contribution in [0, 0.1) is 0 Å². The molecule has 1 aliphatic rings. The van der Waals surface area contributed by atoms with Crippen molar-refractivity contribution in [3.8, 4) is 11.1 Å². The van der Waals surface area contributed by atoms with Gasteiger partial charge >= 0.3 is 0 Å². The van der Waals surface area contributed by atoms with Crippen LogP contribution in [0.5, 0.6) is 0 Å². The van der Waals surface area contributed by atoms with Crippen molar-refractivity contribution in [2.75, 3.05) is 0 Å². The van der Waals surface area contributed by atoms with Crippen molar-refractivity contribution >= 4 is 65.4 Å². The van der Waals surface area contributed by atoms with Crippen molar-refractivity contribution in [2.45, 2.75) is 19.3 Å². The summed E-state index contributed by atoms with van der Waals surface area (Å²) >= 11 is 0. The predicted molar refractivity (Wildman–Crippen MR) is 152 cm³/mol. The van der Waals surface area contributed by atoms with Crippen LogP contribution in [0.3, 0.4) is 0 Å². The highest BCUT2D eigenvalue weighted by Crippen LogP contribution is 2.56. The Morgan fingerprint density at radius 3 is 2.03 bits per heavy atom. The van der Waals surface area contributed by atoms with E-state index in [4.69, 9.17) is 0 Å². The molecule has 0 bridgehead atoms. The van der Waals surface area contributed by atoms with Crippen LogP contribution in [0.15, 0.2) is 84.9 Å². The van der Waals surface area contributed by atoms with Gasteiger partial charge in [-0.3, -0.25) is 0 Å². The average Bonchev–Trinajstić information content (AvgIpc) is 3.62. The Labute approximate surface area is 206 Å². The fourth-order valence-corrected chi connectivity index (χ4v) is 7.16. The molecule has 0 atom stereocenters. The number of nitrogens with one attached hydrogen (secondary N) is 3. The normalized spacial score (nSPS) is 14.6. The molecule has 0 fully saturated rings. The van der Waals surface area contributed by atoms with Crippen molar-refractivity contribution in [3.05, 3.63) is 96.1 Å². The van der Waals surface area contributed by atoms with E-state index in [-0.39, 0.29) is 5.41 Å². The molecule has 0 spiro atoms. The van der Waals surface area contributed by atoms with E-state index in [1.165, 1.54) is 87.7 Å². The molecule has 3 N–H and O–H groups in total. The van der Waals surface area contributed by atoms with E-state index in [0.717, 1.165) is 0 Å². The Kier molecular flexibility index (Phi) is 3.13. The Bertz CT molecular complexity index is 2230. The number of para-hydroxylation sites is 2. The fourth-order valence-electron chi connectivity index (χ4n) is 7.16. The molecule has 0 radical (unpaired) electrons. The second-order valence-electron chi connectivity index (χ2n) is 10.8. The third kappa shape index (κ3) is 2.00. The monoisotopic (exact) mass is 461 g/mol. The summed E-state index contributed by atoms with van der Waals surface area (Å²) in [5.74, 6) is 0. The lowest BCUT2D eigenvalue weighted by Crippen LogP contribution is -2.15. The summed E-state index contributed by atoms with van der Waals surface area (Å²) in [6, 6.07) is 30.9. The van der Waals surface area contributed by atoms with Crippen LogP contribution in [0.1, 0.15) is 25.0 Å². The molecule has 0 aliphatic heterocycles. The number of hydrogen-bond acceptors (Lipinski definition) is 0. The first-order valence-corrected chi connectivity index (χ1v) is 12.6. The summed E-state index contributed by atoms with van der Waals surface area (Å²) in [5, 5.41) is 7.72. The lowest BCUT2D eigenvalue weighted by Gasteiger charge is -2.22. The lowest BCUT2D eigenvalue weighted by atomic mass is 9.81. The smallest absolute Gasteiger partial charge is 0.0573 e. The molecule has 0 unspecified atom stereocenters. The quantitative estimate of drug-likeness (QED) is 0.202. The zero-order chi connectivity index (χ0) is 23.8. The van der Waals surface area contributed by atoms with Crippen molar-refractivity contribution < 1.29 is 0 Å². The summed E-state index contributed by atoms with van der Waals surface area (Å²) in [6.45, 7) is 4.75. The van der Waals surface area contributed by atoms with Crippen LogP contribution >= 0.6 is 0 Å². The third-order valence-electron chi connectivity index (χ3n) is 8.64. The number of benzene rings is 5. The second kappa shape index (κ2) is 6.00. The van der Waals surface area contributed by atoms with E-state index in [1.54, 1.807) is 0 Å². The molecule has 1 aliphatic carbocycles. The molecular formula is C33H23N3. The number of rotatable bonds is 0. The van der Waals surface area contributed by atoms with E-state index >= 15 is 0 Å². The van der Waals surface area contributed by atoms with Gasteiger partial charge in [0.25, 0.3) is 0 Å². The van der Waals surface area contributed by atoms with Gasteiger partial charge in [-0.25, -0.2) is 0 Å². The first-order valence-electron chi connectivity index (χ1n) is 12.6. The molecule has 3 heterocycles. The molecule has 36 heavy (non-hydrogen) atoms. The van der Waals surface area contributed by atoms with Gasteiger partial charge in [-0.1, -0.05) is 80.6 Å². The minimum absolute atomic E-state index is 0.103. The predicted octanol–water partition coefficient (Wildman–Crippen LogP) is 8.90. The number of aromatic nitrogens is 3. The maximum atomic E-state index is 3.97. The Morgan fingerprint density at radius 2 is 1.19 bits per heavy atom. The van der Waals surface area contributed by atoms with Crippen molar-refractivity contribution in [3.63, 3.8) is 0 Å². The van der Waals surface area contributed by atoms with E-state index in [0.29, 0.717) is 0 Å². The molecule has 9 rings (SSSR count). The van der Waals surface area contributed by atoms with E-state index in [2.05, 4.69) is 114 Å². The Morgan fingerprint density at radius 1 is 0.500 bits per heavy atom. The summed E-state index contributed by atoms with van der Waals surface area (Å²) in [5.41, 5.74) is 12.6. The van der Waals surface area contributed by atoms with Crippen LogP contribution in [0.4, 0.5) is 0 Å². The molecule has 0 saturated carbocycles. The maximum absolute atomic E-state index is 3.97. The highest BCUT2D eigenvalue weighted by atomic mass is 14.8. The lowest BCUT2D eigenvalue weighted by molar-refractivity contribution is 0.665. The number of aromatic amines is 3. The number of H-pyrrole nitrogens is 3. The maximum Gasteiger partial charge on any atom is 0.0573 e. The Balaban J connectivity index is 1.63. The molecule has 0 amide bonds. The van der Waals surface area contributed by atoms with Crippen LogP contribution in [-0.4, -0.2) is 15.0 Å². The summed E-state index contributed by atoms with van der Waals surface area (Å²) in [7, 11) is 0. The van der Waals surface area contributed by atoms with Gasteiger partial charge in [-0.05, 0) is 40.5 Å². The largest absolute Gasteiger partial charge is 0.354 e. The molecular weight excluding hydrogens is 438 g/mol. The van der Waals surface area contributed by atoms with E-state index in [1.807, 2.05) is 0 Å². The highest BCUT2D eigenvalue weighted by Gasteiger charge is 2.40. The first kappa shape index (κ1) is 18.8. The van der Waals surface area contributed by atoms with Gasteiger partial charge in [0.2, 0.25) is 0 Å². The van der Waals surface area contributed by atoms with Crippen LogP contribution < -0.4 is 0 Å².